The number of aryl methyl sites for hydroxylation is 1. The molecule has 2 heterocycles. The van der Waals surface area contributed by atoms with Gasteiger partial charge in [-0.1, -0.05) is 6.08 Å². The summed E-state index contributed by atoms with van der Waals surface area (Å²) >= 11 is 0. The summed E-state index contributed by atoms with van der Waals surface area (Å²) in [7, 11) is 0. The van der Waals surface area contributed by atoms with Gasteiger partial charge in [-0.15, -0.1) is 0 Å². The van der Waals surface area contributed by atoms with Crippen molar-refractivity contribution in [2.24, 2.45) is 0 Å². The zero-order valence-electron chi connectivity index (χ0n) is 11.7. The number of aliphatic hydroxyl groups is 1. The van der Waals surface area contributed by atoms with Gasteiger partial charge in [0.1, 0.15) is 0 Å². The third kappa shape index (κ3) is 2.50. The van der Waals surface area contributed by atoms with Gasteiger partial charge in [0.15, 0.2) is 0 Å². The average molecular weight is 275 g/mol. The minimum atomic E-state index is -0.105. The topological polar surface area (TPSA) is 58.4 Å². The summed E-state index contributed by atoms with van der Waals surface area (Å²) in [6.07, 6.45) is 8.73. The Labute approximate surface area is 118 Å². The number of hydrogen-bond acceptors (Lipinski definition) is 3. The number of hydrogen-bond donors (Lipinski definition) is 1. The molecule has 1 unspecified atom stereocenters. The first-order valence-corrected chi connectivity index (χ1v) is 7.41. The molecule has 0 aromatic carbocycles. The maximum absolute atomic E-state index is 12.7. The van der Waals surface area contributed by atoms with Crippen LogP contribution in [-0.2, 0) is 17.9 Å². The molecular weight excluding hydrogens is 254 g/mol. The van der Waals surface area contributed by atoms with Crippen molar-refractivity contribution < 1.29 is 9.90 Å². The first kappa shape index (κ1) is 13.4. The first-order chi connectivity index (χ1) is 9.79. The third-order valence-corrected chi connectivity index (χ3v) is 4.29. The van der Waals surface area contributed by atoms with Crippen molar-refractivity contribution in [1.29, 1.82) is 0 Å². The van der Waals surface area contributed by atoms with Gasteiger partial charge < -0.3 is 10.0 Å². The van der Waals surface area contributed by atoms with Crippen molar-refractivity contribution in [3.63, 3.8) is 0 Å². The Morgan fingerprint density at radius 3 is 3.10 bits per heavy atom. The number of aromatic nitrogens is 2. The number of nitrogens with zero attached hydrogens (tertiary/aromatic N) is 3. The van der Waals surface area contributed by atoms with E-state index < -0.39 is 0 Å². The molecule has 5 heteroatoms. The van der Waals surface area contributed by atoms with Crippen LogP contribution in [0.15, 0.2) is 23.9 Å². The zero-order chi connectivity index (χ0) is 13.9. The van der Waals surface area contributed by atoms with Crippen molar-refractivity contribution in [3.8, 4) is 0 Å². The molecule has 108 valence electrons. The molecule has 1 aromatic rings. The van der Waals surface area contributed by atoms with Gasteiger partial charge >= 0.3 is 0 Å². The van der Waals surface area contributed by atoms with Crippen LogP contribution in [0.4, 0.5) is 0 Å². The molecule has 0 spiro atoms. The summed E-state index contributed by atoms with van der Waals surface area (Å²) in [5.41, 5.74) is 1.97. The first-order valence-electron chi connectivity index (χ1n) is 7.41. The molecule has 0 saturated heterocycles. The number of allylic oxidation sites excluding steroid dienone is 1. The van der Waals surface area contributed by atoms with Gasteiger partial charge in [0.05, 0.1) is 24.9 Å². The van der Waals surface area contributed by atoms with Gasteiger partial charge in [0.2, 0.25) is 5.91 Å². The highest BCUT2D eigenvalue weighted by atomic mass is 16.3. The molecule has 20 heavy (non-hydrogen) atoms. The molecule has 1 atom stereocenters. The smallest absolute Gasteiger partial charge is 0.250 e. The van der Waals surface area contributed by atoms with E-state index in [4.69, 9.17) is 0 Å². The minimum absolute atomic E-state index is 0.0177. The Hall–Kier alpha value is -1.62. The monoisotopic (exact) mass is 275 g/mol. The van der Waals surface area contributed by atoms with Gasteiger partial charge in [-0.3, -0.25) is 9.48 Å². The highest BCUT2D eigenvalue weighted by molar-refractivity contribution is 5.93. The Morgan fingerprint density at radius 2 is 2.35 bits per heavy atom. The second-order valence-corrected chi connectivity index (χ2v) is 5.58. The Morgan fingerprint density at radius 1 is 1.45 bits per heavy atom. The normalized spacial score (nSPS) is 22.9. The predicted octanol–water partition coefficient (Wildman–Crippen LogP) is 1.48. The van der Waals surface area contributed by atoms with Crippen molar-refractivity contribution >= 4 is 5.91 Å². The van der Waals surface area contributed by atoms with E-state index >= 15 is 0 Å². The Balaban J connectivity index is 1.84. The van der Waals surface area contributed by atoms with E-state index in [2.05, 4.69) is 11.2 Å². The quantitative estimate of drug-likeness (QED) is 0.889. The van der Waals surface area contributed by atoms with Gasteiger partial charge in [-0.2, -0.15) is 5.10 Å². The lowest BCUT2D eigenvalue weighted by atomic mass is 9.98. The number of carbonyl (C=O) groups excluding carboxylic acids is 1. The molecule has 1 amide bonds. The molecule has 2 aliphatic rings. The van der Waals surface area contributed by atoms with E-state index in [1.807, 2.05) is 15.6 Å². The fourth-order valence-corrected chi connectivity index (χ4v) is 3.07. The molecule has 1 N–H and O–H groups in total. The molecule has 1 aliphatic carbocycles. The molecular formula is C15H21N3O2. The van der Waals surface area contributed by atoms with Crippen molar-refractivity contribution in [2.75, 3.05) is 6.61 Å². The molecule has 0 bridgehead atoms. The van der Waals surface area contributed by atoms with Gasteiger partial charge in [-0.25, -0.2) is 0 Å². The van der Waals surface area contributed by atoms with Crippen LogP contribution in [0, 0.1) is 0 Å². The SMILES string of the molecule is O=C(C1=CCCCC1)N1Cc2ccnn2CCC1CO. The molecule has 5 nitrogen and oxygen atoms in total. The van der Waals surface area contributed by atoms with E-state index in [9.17, 15) is 9.90 Å². The fourth-order valence-electron chi connectivity index (χ4n) is 3.07. The molecule has 0 saturated carbocycles. The van der Waals surface area contributed by atoms with Crippen LogP contribution in [0.5, 0.6) is 0 Å². The molecule has 0 fully saturated rings. The van der Waals surface area contributed by atoms with Crippen LogP contribution in [-0.4, -0.2) is 38.3 Å². The van der Waals surface area contributed by atoms with Crippen molar-refractivity contribution in [2.45, 2.75) is 51.2 Å². The van der Waals surface area contributed by atoms with E-state index in [-0.39, 0.29) is 18.6 Å². The van der Waals surface area contributed by atoms with Crippen LogP contribution < -0.4 is 0 Å². The number of carbonyl (C=O) groups is 1. The highest BCUT2D eigenvalue weighted by Crippen LogP contribution is 2.24. The molecule has 1 aromatic heterocycles. The summed E-state index contributed by atoms with van der Waals surface area (Å²) < 4.78 is 1.94. The molecule has 1 aliphatic heterocycles. The summed E-state index contributed by atoms with van der Waals surface area (Å²) in [5, 5.41) is 13.9. The fraction of sp³-hybridized carbons (Fsp3) is 0.600. The number of aliphatic hydroxyl groups excluding tert-OH is 1. The highest BCUT2D eigenvalue weighted by Gasteiger charge is 2.29. The lowest BCUT2D eigenvalue weighted by Gasteiger charge is -2.30. The average Bonchev–Trinajstić information content (AvgIpc) is 2.87. The zero-order valence-corrected chi connectivity index (χ0v) is 11.7. The van der Waals surface area contributed by atoms with Crippen molar-refractivity contribution in [1.82, 2.24) is 14.7 Å². The maximum Gasteiger partial charge on any atom is 0.250 e. The van der Waals surface area contributed by atoms with Gasteiger partial charge in [0.25, 0.3) is 0 Å². The second-order valence-electron chi connectivity index (χ2n) is 5.58. The largest absolute Gasteiger partial charge is 0.394 e. The Bertz CT molecular complexity index is 521. The van der Waals surface area contributed by atoms with E-state index in [0.717, 1.165) is 43.5 Å². The van der Waals surface area contributed by atoms with Crippen LogP contribution >= 0.6 is 0 Å². The van der Waals surface area contributed by atoms with E-state index in [0.29, 0.717) is 6.54 Å². The lowest BCUT2D eigenvalue weighted by Crippen LogP contribution is -2.42. The van der Waals surface area contributed by atoms with E-state index in [1.165, 1.54) is 6.42 Å². The van der Waals surface area contributed by atoms with Gasteiger partial charge in [-0.05, 0) is 38.2 Å². The summed E-state index contributed by atoms with van der Waals surface area (Å²) in [6.45, 7) is 1.32. The number of amides is 1. The van der Waals surface area contributed by atoms with Crippen LogP contribution in [0.1, 0.15) is 37.8 Å². The van der Waals surface area contributed by atoms with Crippen LogP contribution in [0.2, 0.25) is 0 Å². The third-order valence-electron chi connectivity index (χ3n) is 4.29. The lowest BCUT2D eigenvalue weighted by molar-refractivity contribution is -0.131. The standard InChI is InChI=1S/C15H21N3O2/c19-11-14-7-9-18-13(6-8-16-18)10-17(14)15(20)12-4-2-1-3-5-12/h4,6,8,14,19H,1-3,5,7,9-11H2. The van der Waals surface area contributed by atoms with E-state index in [1.54, 1.807) is 6.20 Å². The summed E-state index contributed by atoms with van der Waals surface area (Å²) in [6, 6.07) is 1.85. The predicted molar refractivity (Wildman–Crippen MR) is 74.8 cm³/mol. The molecule has 3 rings (SSSR count). The van der Waals surface area contributed by atoms with Crippen LogP contribution in [0.25, 0.3) is 0 Å². The minimum Gasteiger partial charge on any atom is -0.394 e. The second kappa shape index (κ2) is 5.79. The molecule has 0 radical (unpaired) electrons. The summed E-state index contributed by atoms with van der Waals surface area (Å²) in [4.78, 5) is 14.6. The van der Waals surface area contributed by atoms with Crippen molar-refractivity contribution in [3.05, 3.63) is 29.6 Å². The summed E-state index contributed by atoms with van der Waals surface area (Å²) in [5.74, 6) is 0.0957. The number of fused-ring (bicyclic) bond motifs is 1. The maximum atomic E-state index is 12.7. The Kier molecular flexibility index (Phi) is 3.87. The van der Waals surface area contributed by atoms with Gasteiger partial charge in [0, 0.05) is 18.3 Å². The number of rotatable bonds is 2. The van der Waals surface area contributed by atoms with Crippen LogP contribution in [0.3, 0.4) is 0 Å².